The molecule has 6 nitrogen and oxygen atoms in total. The van der Waals surface area contributed by atoms with Crippen LogP contribution in [-0.4, -0.2) is 52.5 Å². The van der Waals surface area contributed by atoms with Crippen molar-refractivity contribution in [1.82, 2.24) is 15.1 Å². The van der Waals surface area contributed by atoms with E-state index in [1.54, 1.807) is 11.0 Å². The van der Waals surface area contributed by atoms with Gasteiger partial charge in [0.1, 0.15) is 5.60 Å². The van der Waals surface area contributed by atoms with E-state index in [0.29, 0.717) is 29.9 Å². The highest BCUT2D eigenvalue weighted by molar-refractivity contribution is 6.33. The molecule has 0 unspecified atom stereocenters. The van der Waals surface area contributed by atoms with Crippen LogP contribution in [0.25, 0.3) is 0 Å². The van der Waals surface area contributed by atoms with Gasteiger partial charge in [-0.3, -0.25) is 0 Å². The molecule has 0 bridgehead atoms. The lowest BCUT2D eigenvalue weighted by Crippen LogP contribution is -2.54. The molecule has 0 radical (unpaired) electrons. The highest BCUT2D eigenvalue weighted by atomic mass is 35.5. The Morgan fingerprint density at radius 1 is 1.32 bits per heavy atom. The van der Waals surface area contributed by atoms with Crippen molar-refractivity contribution in [3.05, 3.63) is 16.4 Å². The summed E-state index contributed by atoms with van der Waals surface area (Å²) in [5.41, 5.74) is 0.238. The number of halogens is 2. The molecule has 1 amide bonds. The number of anilines is 1. The lowest BCUT2D eigenvalue weighted by molar-refractivity contribution is 0.0219. The first-order chi connectivity index (χ1) is 10.2. The summed E-state index contributed by atoms with van der Waals surface area (Å²) in [6.45, 7) is 9.31. The van der Waals surface area contributed by atoms with E-state index in [-0.39, 0.29) is 12.1 Å². The van der Waals surface area contributed by atoms with Gasteiger partial charge < -0.3 is 14.5 Å². The van der Waals surface area contributed by atoms with Gasteiger partial charge in [-0.25, -0.2) is 4.79 Å². The van der Waals surface area contributed by atoms with Gasteiger partial charge in [0.15, 0.2) is 10.3 Å². The van der Waals surface area contributed by atoms with Crippen molar-refractivity contribution < 1.29 is 9.53 Å². The van der Waals surface area contributed by atoms with E-state index in [1.807, 2.05) is 27.7 Å². The number of hydrogen-bond donors (Lipinski definition) is 0. The van der Waals surface area contributed by atoms with Gasteiger partial charge in [-0.2, -0.15) is 0 Å². The summed E-state index contributed by atoms with van der Waals surface area (Å²) in [5, 5.41) is 8.14. The van der Waals surface area contributed by atoms with Crippen molar-refractivity contribution in [3.63, 3.8) is 0 Å². The molecule has 1 aromatic heterocycles. The molecule has 0 aliphatic carbocycles. The van der Waals surface area contributed by atoms with Crippen LogP contribution in [-0.2, 0) is 4.74 Å². The number of carbonyl (C=O) groups excluding carboxylic acids is 1. The number of rotatable bonds is 1. The van der Waals surface area contributed by atoms with Crippen LogP contribution in [0.15, 0.2) is 6.07 Å². The molecule has 0 saturated carbocycles. The van der Waals surface area contributed by atoms with Crippen LogP contribution >= 0.6 is 23.2 Å². The number of nitrogens with zero attached hydrogens (tertiary/aromatic N) is 4. The fraction of sp³-hybridized carbons (Fsp3) is 0.643. The topological polar surface area (TPSA) is 58.6 Å². The third-order valence-corrected chi connectivity index (χ3v) is 3.74. The summed E-state index contributed by atoms with van der Waals surface area (Å²) < 4.78 is 5.41. The molecule has 122 valence electrons. The first-order valence-electron chi connectivity index (χ1n) is 7.10. The van der Waals surface area contributed by atoms with Crippen molar-refractivity contribution in [2.45, 2.75) is 39.3 Å². The molecule has 2 rings (SSSR count). The summed E-state index contributed by atoms with van der Waals surface area (Å²) in [5.74, 6) is 0. The first-order valence-corrected chi connectivity index (χ1v) is 7.86. The number of ether oxygens (including phenoxy) is 1. The summed E-state index contributed by atoms with van der Waals surface area (Å²) in [7, 11) is 0. The lowest BCUT2D eigenvalue weighted by Gasteiger charge is -2.41. The molecule has 1 aromatic rings. The summed E-state index contributed by atoms with van der Waals surface area (Å²) >= 11 is 12.0. The number of aromatic nitrogens is 2. The molecule has 0 aromatic carbocycles. The van der Waals surface area contributed by atoms with Crippen LogP contribution in [0.5, 0.6) is 0 Å². The van der Waals surface area contributed by atoms with Gasteiger partial charge in [-0.05, 0) is 27.7 Å². The molecule has 0 spiro atoms. The molecule has 2 heterocycles. The second kappa shape index (κ2) is 6.46. The number of piperazine rings is 1. The largest absolute Gasteiger partial charge is 0.444 e. The maximum atomic E-state index is 12.1. The molecule has 1 aliphatic heterocycles. The standard InChI is InChI=1S/C14H20Cl2N4O2/c1-9-8-19(13(21)22-14(2,3)4)5-6-20(9)10-7-11(15)17-18-12(10)16/h7,9H,5-6,8H2,1-4H3/t9-/m1/s1. The molecule has 1 atom stereocenters. The van der Waals surface area contributed by atoms with Crippen LogP contribution in [0, 0.1) is 0 Å². The van der Waals surface area contributed by atoms with Gasteiger partial charge in [0.05, 0.1) is 5.69 Å². The zero-order valence-electron chi connectivity index (χ0n) is 13.1. The van der Waals surface area contributed by atoms with Crippen molar-refractivity contribution in [1.29, 1.82) is 0 Å². The van der Waals surface area contributed by atoms with E-state index in [1.165, 1.54) is 0 Å². The monoisotopic (exact) mass is 346 g/mol. The van der Waals surface area contributed by atoms with E-state index >= 15 is 0 Å². The minimum Gasteiger partial charge on any atom is -0.444 e. The molecular weight excluding hydrogens is 327 g/mol. The van der Waals surface area contributed by atoms with E-state index in [9.17, 15) is 4.79 Å². The molecule has 1 aliphatic rings. The fourth-order valence-corrected chi connectivity index (χ4v) is 2.70. The Hall–Kier alpha value is -1.27. The second-order valence-electron chi connectivity index (χ2n) is 6.31. The quantitative estimate of drug-likeness (QED) is 0.781. The third-order valence-electron chi connectivity index (χ3n) is 3.29. The van der Waals surface area contributed by atoms with Crippen LogP contribution in [0.3, 0.4) is 0 Å². The predicted molar refractivity (Wildman–Crippen MR) is 86.7 cm³/mol. The molecule has 1 saturated heterocycles. The molecule has 22 heavy (non-hydrogen) atoms. The van der Waals surface area contributed by atoms with Gasteiger partial charge in [0.25, 0.3) is 0 Å². The zero-order chi connectivity index (χ0) is 16.5. The van der Waals surface area contributed by atoms with Crippen molar-refractivity contribution in [2.75, 3.05) is 24.5 Å². The average Bonchev–Trinajstić information content (AvgIpc) is 2.40. The minimum absolute atomic E-state index is 0.0686. The molecular formula is C14H20Cl2N4O2. The molecule has 1 fully saturated rings. The Balaban J connectivity index is 2.07. The number of carbonyl (C=O) groups is 1. The summed E-state index contributed by atoms with van der Waals surface area (Å²) in [6, 6.07) is 1.76. The van der Waals surface area contributed by atoms with Gasteiger partial charge in [0.2, 0.25) is 0 Å². The van der Waals surface area contributed by atoms with E-state index in [0.717, 1.165) is 5.69 Å². The number of amides is 1. The third kappa shape index (κ3) is 4.14. The Kier molecular flexibility index (Phi) is 5.02. The fourth-order valence-electron chi connectivity index (χ4n) is 2.35. The van der Waals surface area contributed by atoms with Crippen LogP contribution in [0.1, 0.15) is 27.7 Å². The van der Waals surface area contributed by atoms with Gasteiger partial charge in [-0.15, -0.1) is 10.2 Å². The summed E-state index contributed by atoms with van der Waals surface area (Å²) in [6.07, 6.45) is -0.295. The smallest absolute Gasteiger partial charge is 0.410 e. The van der Waals surface area contributed by atoms with Crippen LogP contribution in [0.2, 0.25) is 10.3 Å². The van der Waals surface area contributed by atoms with E-state index in [2.05, 4.69) is 15.1 Å². The highest BCUT2D eigenvalue weighted by Gasteiger charge is 2.31. The Morgan fingerprint density at radius 3 is 2.59 bits per heavy atom. The van der Waals surface area contributed by atoms with E-state index in [4.69, 9.17) is 27.9 Å². The Morgan fingerprint density at radius 2 is 2.00 bits per heavy atom. The molecule has 0 N–H and O–H groups in total. The Labute approximate surface area is 140 Å². The lowest BCUT2D eigenvalue weighted by atomic mass is 10.1. The Bertz CT molecular complexity index is 562. The first kappa shape index (κ1) is 17.1. The van der Waals surface area contributed by atoms with Crippen LogP contribution in [0.4, 0.5) is 10.5 Å². The highest BCUT2D eigenvalue weighted by Crippen LogP contribution is 2.28. The van der Waals surface area contributed by atoms with Crippen molar-refractivity contribution >= 4 is 35.0 Å². The normalized spacial score (nSPS) is 19.3. The zero-order valence-corrected chi connectivity index (χ0v) is 14.6. The maximum Gasteiger partial charge on any atom is 0.410 e. The minimum atomic E-state index is -0.497. The molecule has 8 heteroatoms. The van der Waals surface area contributed by atoms with Gasteiger partial charge in [-0.1, -0.05) is 23.2 Å². The van der Waals surface area contributed by atoms with Crippen LogP contribution < -0.4 is 4.90 Å². The summed E-state index contributed by atoms with van der Waals surface area (Å²) in [4.78, 5) is 15.9. The number of hydrogen-bond acceptors (Lipinski definition) is 5. The SMILES string of the molecule is C[C@@H]1CN(C(=O)OC(C)(C)C)CCN1c1cc(Cl)nnc1Cl. The van der Waals surface area contributed by atoms with Crippen molar-refractivity contribution in [2.24, 2.45) is 0 Å². The van der Waals surface area contributed by atoms with Gasteiger partial charge in [0, 0.05) is 31.7 Å². The predicted octanol–water partition coefficient (Wildman–Crippen LogP) is 3.23. The van der Waals surface area contributed by atoms with Gasteiger partial charge >= 0.3 is 6.09 Å². The van der Waals surface area contributed by atoms with Crippen molar-refractivity contribution in [3.8, 4) is 0 Å². The van der Waals surface area contributed by atoms with E-state index < -0.39 is 5.60 Å². The second-order valence-corrected chi connectivity index (χ2v) is 7.06. The average molecular weight is 347 g/mol. The maximum absolute atomic E-state index is 12.1.